The summed E-state index contributed by atoms with van der Waals surface area (Å²) in [4.78, 5) is 32.6. The van der Waals surface area contributed by atoms with Gasteiger partial charge in [-0.2, -0.15) is 26.3 Å². The molecule has 0 bridgehead atoms. The molecule has 1 fully saturated rings. The van der Waals surface area contributed by atoms with E-state index in [1.54, 1.807) is 43.5 Å². The minimum absolute atomic E-state index is 0.00858. The standard InChI is InChI=1S/C27H24F4N4O2.C23H18F4N4O3/c1-16-11-18(7-8-21(16)24(36)12-17-5-6-17)23-15-33-26-22(32-10-9-27(29,30)31)14-25(34-35(23)26)37-20-4-2-3-19(28)13-20;1-13-9-14(5-6-17(13)22(32)33)19-12-29-21-18(28-8-7-23(25,26)27)11-20(30-31(19)21)34-16-4-2-3-15(24)10-16/h2-4,7-8,11,13-15,17,32H,5-6,9-10,12H2,1H3;2-6,9-12,28H,7-8H2,1H3,(H,32,33). The maximum absolute atomic E-state index is 13.7. The van der Waals surface area contributed by atoms with Crippen molar-refractivity contribution in [3.63, 3.8) is 0 Å². The van der Waals surface area contributed by atoms with Crippen molar-refractivity contribution in [3.8, 4) is 45.8 Å². The van der Waals surface area contributed by atoms with Crippen LogP contribution in [-0.4, -0.2) is 71.5 Å². The van der Waals surface area contributed by atoms with Gasteiger partial charge in [-0.25, -0.2) is 32.6 Å². The summed E-state index contributed by atoms with van der Waals surface area (Å²) in [6, 6.07) is 23.7. The fraction of sp³-hybridized carbons (Fsp3) is 0.240. The molecular formula is C50H42F8N8O5. The molecule has 21 heteroatoms. The predicted octanol–water partition coefficient (Wildman–Crippen LogP) is 12.7. The molecule has 9 rings (SSSR count). The summed E-state index contributed by atoms with van der Waals surface area (Å²) in [5, 5.41) is 23.6. The Morgan fingerprint density at radius 1 is 0.648 bits per heavy atom. The number of imidazole rings is 2. The van der Waals surface area contributed by atoms with Gasteiger partial charge in [0.25, 0.3) is 0 Å². The maximum atomic E-state index is 13.7. The van der Waals surface area contributed by atoms with E-state index in [9.17, 15) is 49.8 Å². The van der Waals surface area contributed by atoms with E-state index >= 15 is 0 Å². The van der Waals surface area contributed by atoms with Crippen molar-refractivity contribution < 1.29 is 59.3 Å². The molecule has 0 aliphatic heterocycles. The van der Waals surface area contributed by atoms with Crippen LogP contribution in [0.25, 0.3) is 33.8 Å². The number of aryl methyl sites for hydroxylation is 2. The fourth-order valence-corrected chi connectivity index (χ4v) is 7.52. The third-order valence-electron chi connectivity index (χ3n) is 11.1. The number of ether oxygens (including phenoxy) is 2. The second-order valence-electron chi connectivity index (χ2n) is 16.7. The number of Topliss-reactive ketones (excluding diaryl/α,β-unsaturated/α-hetero) is 1. The van der Waals surface area contributed by atoms with Crippen molar-refractivity contribution >= 4 is 34.4 Å². The van der Waals surface area contributed by atoms with E-state index in [2.05, 4.69) is 30.8 Å². The third-order valence-corrected chi connectivity index (χ3v) is 11.1. The lowest BCUT2D eigenvalue weighted by molar-refractivity contribution is -0.132. The van der Waals surface area contributed by atoms with Crippen molar-refractivity contribution in [1.82, 2.24) is 29.2 Å². The number of rotatable bonds is 16. The Bertz CT molecular complexity index is 3260. The van der Waals surface area contributed by atoms with Gasteiger partial charge in [0.2, 0.25) is 11.8 Å². The Morgan fingerprint density at radius 3 is 1.49 bits per heavy atom. The Kier molecular flexibility index (Phi) is 14.2. The summed E-state index contributed by atoms with van der Waals surface area (Å²) in [6.45, 7) is 2.73. The molecule has 0 amide bonds. The number of carboxylic acids is 1. The summed E-state index contributed by atoms with van der Waals surface area (Å²) in [5.41, 5.74) is 5.51. The highest BCUT2D eigenvalue weighted by Gasteiger charge is 2.29. The molecule has 4 aromatic carbocycles. The van der Waals surface area contributed by atoms with Gasteiger partial charge >= 0.3 is 18.3 Å². The molecule has 0 unspecified atom stereocenters. The van der Waals surface area contributed by atoms with Gasteiger partial charge in [0.1, 0.15) is 23.1 Å². The molecular weight excluding hydrogens is 945 g/mol. The third kappa shape index (κ3) is 12.6. The fourth-order valence-electron chi connectivity index (χ4n) is 7.52. The Hall–Kier alpha value is -8.10. The number of fused-ring (bicyclic) bond motifs is 2. The highest BCUT2D eigenvalue weighted by molar-refractivity contribution is 5.98. The lowest BCUT2D eigenvalue weighted by atomic mass is 9.98. The lowest BCUT2D eigenvalue weighted by Crippen LogP contribution is -2.15. The van der Waals surface area contributed by atoms with Crippen LogP contribution in [0.15, 0.2) is 109 Å². The normalized spacial score (nSPS) is 12.6. The Labute approximate surface area is 399 Å². The van der Waals surface area contributed by atoms with E-state index in [1.165, 1.54) is 69.8 Å². The number of carboxylic acid groups (broad SMARTS) is 1. The molecule has 0 atom stereocenters. The highest BCUT2D eigenvalue weighted by Crippen LogP contribution is 2.36. The van der Waals surface area contributed by atoms with Crippen LogP contribution >= 0.6 is 0 Å². The summed E-state index contributed by atoms with van der Waals surface area (Å²) < 4.78 is 118. The van der Waals surface area contributed by atoms with Crippen LogP contribution in [0.1, 0.15) is 63.9 Å². The van der Waals surface area contributed by atoms with Gasteiger partial charge in [-0.05, 0) is 86.2 Å². The van der Waals surface area contributed by atoms with Crippen LogP contribution in [0.4, 0.5) is 46.5 Å². The molecule has 71 heavy (non-hydrogen) atoms. The first-order chi connectivity index (χ1) is 33.8. The number of carbonyl (C=O) groups is 2. The molecule has 0 radical (unpaired) electrons. The molecule has 8 aromatic rings. The van der Waals surface area contributed by atoms with E-state index in [4.69, 9.17) is 9.47 Å². The van der Waals surface area contributed by atoms with Crippen LogP contribution in [0.5, 0.6) is 23.3 Å². The van der Waals surface area contributed by atoms with Gasteiger partial charge in [-0.1, -0.05) is 30.3 Å². The second-order valence-corrected chi connectivity index (χ2v) is 16.7. The number of hydrogen-bond acceptors (Lipinski definition) is 10. The van der Waals surface area contributed by atoms with E-state index in [1.807, 2.05) is 13.0 Å². The first kappa shape index (κ1) is 49.3. The predicted molar refractivity (Wildman–Crippen MR) is 246 cm³/mol. The van der Waals surface area contributed by atoms with Gasteiger partial charge in [-0.15, -0.1) is 10.2 Å². The van der Waals surface area contributed by atoms with Crippen molar-refractivity contribution in [3.05, 3.63) is 143 Å². The molecule has 0 spiro atoms. The number of nitrogens with one attached hydrogen (secondary N) is 2. The summed E-state index contributed by atoms with van der Waals surface area (Å²) in [6.07, 6.45) is -5.01. The average molecular weight is 987 g/mol. The number of carbonyl (C=O) groups excluding carboxylic acids is 1. The zero-order valence-corrected chi connectivity index (χ0v) is 37.7. The van der Waals surface area contributed by atoms with Crippen LogP contribution in [0.3, 0.4) is 0 Å². The number of nitrogens with zero attached hydrogens (tertiary/aromatic N) is 6. The summed E-state index contributed by atoms with van der Waals surface area (Å²) >= 11 is 0. The van der Waals surface area contributed by atoms with Gasteiger partial charge < -0.3 is 25.2 Å². The molecule has 4 aromatic heterocycles. The zero-order chi connectivity index (χ0) is 50.6. The summed E-state index contributed by atoms with van der Waals surface area (Å²) in [7, 11) is 0. The molecule has 13 nitrogen and oxygen atoms in total. The van der Waals surface area contributed by atoms with Gasteiger partial charge in [0.15, 0.2) is 17.1 Å². The van der Waals surface area contributed by atoms with Gasteiger partial charge in [0.05, 0.1) is 53.6 Å². The number of aromatic carboxylic acids is 1. The molecule has 0 saturated heterocycles. The minimum atomic E-state index is -4.35. The van der Waals surface area contributed by atoms with Crippen LogP contribution < -0.4 is 20.1 Å². The first-order valence-corrected chi connectivity index (χ1v) is 22.0. The number of halogens is 8. The van der Waals surface area contributed by atoms with Gasteiger partial charge in [-0.3, -0.25) is 4.79 Å². The van der Waals surface area contributed by atoms with E-state index in [-0.39, 0.29) is 58.2 Å². The average Bonchev–Trinajstić information content (AvgIpc) is 3.83. The quantitative estimate of drug-likeness (QED) is 0.0625. The minimum Gasteiger partial charge on any atom is -0.478 e. The molecule has 1 aliphatic rings. The largest absolute Gasteiger partial charge is 0.478 e. The first-order valence-electron chi connectivity index (χ1n) is 22.0. The molecule has 1 aliphatic carbocycles. The van der Waals surface area contributed by atoms with E-state index in [0.717, 1.165) is 30.0 Å². The molecule has 4 heterocycles. The van der Waals surface area contributed by atoms with E-state index < -0.39 is 49.3 Å². The summed E-state index contributed by atoms with van der Waals surface area (Å²) in [5.74, 6) is -1.14. The van der Waals surface area contributed by atoms with Crippen LogP contribution in [0, 0.1) is 31.4 Å². The van der Waals surface area contributed by atoms with Crippen LogP contribution in [-0.2, 0) is 0 Å². The number of ketones is 1. The Balaban J connectivity index is 0.000000191. The van der Waals surface area contributed by atoms with Crippen molar-refractivity contribution in [2.75, 3.05) is 23.7 Å². The monoisotopic (exact) mass is 986 g/mol. The van der Waals surface area contributed by atoms with Gasteiger partial charge in [0, 0.05) is 60.5 Å². The van der Waals surface area contributed by atoms with Crippen molar-refractivity contribution in [1.29, 1.82) is 0 Å². The van der Waals surface area contributed by atoms with E-state index in [0.29, 0.717) is 46.1 Å². The number of anilines is 2. The lowest BCUT2D eigenvalue weighted by Gasteiger charge is -2.13. The van der Waals surface area contributed by atoms with Crippen molar-refractivity contribution in [2.24, 2.45) is 5.92 Å². The smallest absolute Gasteiger partial charge is 0.390 e. The number of alkyl halides is 6. The maximum Gasteiger partial charge on any atom is 0.390 e. The molecule has 3 N–H and O–H groups in total. The zero-order valence-electron chi connectivity index (χ0n) is 37.7. The topological polar surface area (TPSA) is 157 Å². The molecule has 368 valence electrons. The SMILES string of the molecule is Cc1cc(-c2cnc3c(NCCC(F)(F)F)cc(Oc4cccc(F)c4)nn23)ccc1C(=O)CC1CC1.Cc1cc(-c2cnc3c(NCCC(F)(F)F)cc(Oc4cccc(F)c4)nn23)ccc1C(=O)O. The second kappa shape index (κ2) is 20.5. The number of benzene rings is 4. The van der Waals surface area contributed by atoms with Crippen molar-refractivity contribution in [2.45, 2.75) is 58.3 Å². The number of hydrogen-bond donors (Lipinski definition) is 3. The van der Waals surface area contributed by atoms with Crippen LogP contribution in [0.2, 0.25) is 0 Å². The molecule has 1 saturated carbocycles. The Morgan fingerprint density at radius 2 is 1.10 bits per heavy atom. The number of aromatic nitrogens is 6. The highest BCUT2D eigenvalue weighted by atomic mass is 19.4.